The van der Waals surface area contributed by atoms with Crippen LogP contribution in [0.3, 0.4) is 0 Å². The van der Waals surface area contributed by atoms with Crippen LogP contribution < -0.4 is 10.1 Å². The molecular formula is C21H17F3N2O4S. The predicted molar refractivity (Wildman–Crippen MR) is 108 cm³/mol. The number of ether oxygens (including phenoxy) is 1. The van der Waals surface area contributed by atoms with Crippen LogP contribution in [0.5, 0.6) is 5.75 Å². The Kier molecular flexibility index (Phi) is 6.59. The standard InChI is InChI=1S/C21H17F3N2O4S/c1-30-15-8-4-12(5-9-15)16(10-18(27)28)25-19(29)17-11-31-20(26-17)13-2-6-14(7-3-13)21(22,23)24/h2-9,11,16H,10H2,1H3,(H,25,29)(H,27,28). The summed E-state index contributed by atoms with van der Waals surface area (Å²) in [4.78, 5) is 28.1. The Balaban J connectivity index is 1.77. The fraction of sp³-hybridized carbons (Fsp3) is 0.190. The van der Waals surface area contributed by atoms with Crippen LogP contribution in [0.2, 0.25) is 0 Å². The highest BCUT2D eigenvalue weighted by Gasteiger charge is 2.30. The summed E-state index contributed by atoms with van der Waals surface area (Å²) in [5.41, 5.74) is 0.287. The molecule has 3 rings (SSSR count). The third-order valence-corrected chi connectivity index (χ3v) is 5.29. The quantitative estimate of drug-likeness (QED) is 0.541. The van der Waals surface area contributed by atoms with Gasteiger partial charge in [-0.25, -0.2) is 4.98 Å². The smallest absolute Gasteiger partial charge is 0.416 e. The van der Waals surface area contributed by atoms with Crippen LogP contribution in [0, 0.1) is 0 Å². The number of amides is 1. The molecule has 3 aromatic rings. The fourth-order valence-electron chi connectivity index (χ4n) is 2.81. The molecule has 0 fully saturated rings. The van der Waals surface area contributed by atoms with E-state index < -0.39 is 29.7 Å². The fourth-order valence-corrected chi connectivity index (χ4v) is 3.61. The summed E-state index contributed by atoms with van der Waals surface area (Å²) >= 11 is 1.10. The van der Waals surface area contributed by atoms with Crippen LogP contribution in [-0.2, 0) is 11.0 Å². The molecular weight excluding hydrogens is 433 g/mol. The van der Waals surface area contributed by atoms with Crippen molar-refractivity contribution in [2.75, 3.05) is 7.11 Å². The summed E-state index contributed by atoms with van der Waals surface area (Å²) in [6, 6.07) is 10.3. The number of hydrogen-bond donors (Lipinski definition) is 2. The first-order valence-corrected chi connectivity index (χ1v) is 9.85. The minimum atomic E-state index is -4.44. The molecule has 2 N–H and O–H groups in total. The number of carboxylic acids is 1. The Hall–Kier alpha value is -3.40. The lowest BCUT2D eigenvalue weighted by Gasteiger charge is -2.17. The van der Waals surface area contributed by atoms with E-state index in [1.165, 1.54) is 24.6 Å². The van der Waals surface area contributed by atoms with E-state index in [0.29, 0.717) is 21.9 Å². The molecule has 0 aliphatic rings. The van der Waals surface area contributed by atoms with Crippen LogP contribution >= 0.6 is 11.3 Å². The topological polar surface area (TPSA) is 88.5 Å². The molecule has 1 amide bonds. The third kappa shape index (κ3) is 5.60. The van der Waals surface area contributed by atoms with Gasteiger partial charge in [-0.2, -0.15) is 13.2 Å². The number of rotatable bonds is 7. The summed E-state index contributed by atoms with van der Waals surface area (Å²) in [5.74, 6) is -1.09. The van der Waals surface area contributed by atoms with Crippen molar-refractivity contribution in [1.29, 1.82) is 0 Å². The summed E-state index contributed by atoms with van der Waals surface area (Å²) in [6.07, 6.45) is -4.78. The van der Waals surface area contributed by atoms with Gasteiger partial charge in [-0.3, -0.25) is 9.59 Å². The zero-order chi connectivity index (χ0) is 22.6. The van der Waals surface area contributed by atoms with Gasteiger partial charge in [0.25, 0.3) is 5.91 Å². The SMILES string of the molecule is COc1ccc(C(CC(=O)O)NC(=O)c2csc(-c3ccc(C(F)(F)F)cc3)n2)cc1. The number of alkyl halides is 3. The maximum atomic E-state index is 12.7. The molecule has 6 nitrogen and oxygen atoms in total. The monoisotopic (exact) mass is 450 g/mol. The van der Waals surface area contributed by atoms with Gasteiger partial charge in [0.05, 0.1) is 25.1 Å². The second-order valence-electron chi connectivity index (χ2n) is 6.51. The van der Waals surface area contributed by atoms with Crippen molar-refractivity contribution in [1.82, 2.24) is 10.3 Å². The lowest BCUT2D eigenvalue weighted by Crippen LogP contribution is -2.30. The van der Waals surface area contributed by atoms with Crippen molar-refractivity contribution in [2.24, 2.45) is 0 Å². The Labute approximate surface area is 179 Å². The molecule has 1 aromatic heterocycles. The minimum absolute atomic E-state index is 0.0452. The highest BCUT2D eigenvalue weighted by atomic mass is 32.1. The number of aromatic nitrogens is 1. The molecule has 162 valence electrons. The molecule has 0 aliphatic carbocycles. The van der Waals surface area contributed by atoms with Crippen molar-refractivity contribution < 1.29 is 32.6 Å². The van der Waals surface area contributed by atoms with Crippen LogP contribution in [0.4, 0.5) is 13.2 Å². The molecule has 0 saturated carbocycles. The van der Waals surface area contributed by atoms with Gasteiger partial charge in [-0.15, -0.1) is 11.3 Å². The molecule has 1 atom stereocenters. The first kappa shape index (κ1) is 22.3. The number of benzene rings is 2. The molecule has 10 heteroatoms. The molecule has 2 aromatic carbocycles. The number of halogens is 3. The summed E-state index contributed by atoms with van der Waals surface area (Å²) < 4.78 is 43.2. The van der Waals surface area contributed by atoms with E-state index in [2.05, 4.69) is 10.3 Å². The van der Waals surface area contributed by atoms with E-state index in [1.807, 2.05) is 0 Å². The van der Waals surface area contributed by atoms with Gasteiger partial charge in [-0.1, -0.05) is 24.3 Å². The van der Waals surface area contributed by atoms with Crippen LogP contribution in [0.15, 0.2) is 53.9 Å². The summed E-state index contributed by atoms with van der Waals surface area (Å²) in [5, 5.41) is 13.7. The number of thiazole rings is 1. The normalized spacial score (nSPS) is 12.3. The van der Waals surface area contributed by atoms with Gasteiger partial charge in [0.2, 0.25) is 0 Å². The zero-order valence-corrected chi connectivity index (χ0v) is 17.0. The average molecular weight is 450 g/mol. The summed E-state index contributed by atoms with van der Waals surface area (Å²) in [7, 11) is 1.50. The number of carbonyl (C=O) groups is 2. The van der Waals surface area contributed by atoms with Gasteiger partial charge in [-0.05, 0) is 29.8 Å². The van der Waals surface area contributed by atoms with E-state index in [-0.39, 0.29) is 12.1 Å². The largest absolute Gasteiger partial charge is 0.497 e. The number of hydrogen-bond acceptors (Lipinski definition) is 5. The van der Waals surface area contributed by atoms with Crippen LogP contribution in [0.25, 0.3) is 10.6 Å². The second kappa shape index (κ2) is 9.17. The zero-order valence-electron chi connectivity index (χ0n) is 16.1. The maximum absolute atomic E-state index is 12.7. The van der Waals surface area contributed by atoms with Crippen molar-refractivity contribution in [3.63, 3.8) is 0 Å². The van der Waals surface area contributed by atoms with E-state index in [1.54, 1.807) is 24.3 Å². The van der Waals surface area contributed by atoms with E-state index in [4.69, 9.17) is 4.74 Å². The molecule has 0 aliphatic heterocycles. The number of carbonyl (C=O) groups excluding carboxylic acids is 1. The minimum Gasteiger partial charge on any atom is -0.497 e. The van der Waals surface area contributed by atoms with Gasteiger partial charge >= 0.3 is 12.1 Å². The Morgan fingerprint density at radius 3 is 2.32 bits per heavy atom. The van der Waals surface area contributed by atoms with Gasteiger partial charge in [0.1, 0.15) is 16.5 Å². The first-order chi connectivity index (χ1) is 14.7. The van der Waals surface area contributed by atoms with Crippen molar-refractivity contribution >= 4 is 23.2 Å². The molecule has 0 spiro atoms. The number of nitrogens with one attached hydrogen (secondary N) is 1. The molecule has 1 heterocycles. The first-order valence-electron chi connectivity index (χ1n) is 8.97. The second-order valence-corrected chi connectivity index (χ2v) is 7.37. The summed E-state index contributed by atoms with van der Waals surface area (Å²) in [6.45, 7) is 0. The molecule has 0 radical (unpaired) electrons. The molecule has 0 saturated heterocycles. The average Bonchev–Trinajstić information content (AvgIpc) is 3.23. The van der Waals surface area contributed by atoms with Gasteiger partial charge < -0.3 is 15.2 Å². The van der Waals surface area contributed by atoms with Gasteiger partial charge in [0, 0.05) is 10.9 Å². The van der Waals surface area contributed by atoms with Crippen molar-refractivity contribution in [3.8, 4) is 16.3 Å². The molecule has 0 bridgehead atoms. The van der Waals surface area contributed by atoms with Crippen LogP contribution in [0.1, 0.15) is 34.1 Å². The lowest BCUT2D eigenvalue weighted by molar-refractivity contribution is -0.138. The highest BCUT2D eigenvalue weighted by molar-refractivity contribution is 7.13. The predicted octanol–water partition coefficient (Wildman–Crippen LogP) is 4.78. The Bertz CT molecular complexity index is 1060. The third-order valence-electron chi connectivity index (χ3n) is 4.40. The highest BCUT2D eigenvalue weighted by Crippen LogP contribution is 2.32. The number of nitrogens with zero attached hydrogens (tertiary/aromatic N) is 1. The van der Waals surface area contributed by atoms with E-state index in [9.17, 15) is 27.9 Å². The lowest BCUT2D eigenvalue weighted by atomic mass is 10.0. The van der Waals surface area contributed by atoms with Gasteiger partial charge in [0.15, 0.2) is 0 Å². The molecule has 31 heavy (non-hydrogen) atoms. The Morgan fingerprint density at radius 2 is 1.77 bits per heavy atom. The maximum Gasteiger partial charge on any atom is 0.416 e. The van der Waals surface area contributed by atoms with Crippen molar-refractivity contribution in [3.05, 3.63) is 70.7 Å². The number of aliphatic carboxylic acids is 1. The Morgan fingerprint density at radius 1 is 1.13 bits per heavy atom. The number of methoxy groups -OCH3 is 1. The van der Waals surface area contributed by atoms with E-state index >= 15 is 0 Å². The number of carboxylic acid groups (broad SMARTS) is 1. The molecule has 1 unspecified atom stereocenters. The van der Waals surface area contributed by atoms with Crippen LogP contribution in [-0.4, -0.2) is 29.1 Å². The van der Waals surface area contributed by atoms with E-state index in [0.717, 1.165) is 23.5 Å². The van der Waals surface area contributed by atoms with Crippen molar-refractivity contribution in [2.45, 2.75) is 18.6 Å².